The quantitative estimate of drug-likeness (QED) is 0.740. The maximum atomic E-state index is 5.49. The first-order valence-electron chi connectivity index (χ1n) is 6.12. The SMILES string of the molecule is COc1cccc([C@@H](C)NCCOC(C)C)c1. The van der Waals surface area contributed by atoms with Gasteiger partial charge in [-0.2, -0.15) is 0 Å². The van der Waals surface area contributed by atoms with Crippen LogP contribution in [0.5, 0.6) is 5.75 Å². The number of benzene rings is 1. The van der Waals surface area contributed by atoms with Crippen LogP contribution in [-0.4, -0.2) is 26.4 Å². The van der Waals surface area contributed by atoms with Gasteiger partial charge in [-0.25, -0.2) is 0 Å². The van der Waals surface area contributed by atoms with Gasteiger partial charge in [0.15, 0.2) is 0 Å². The van der Waals surface area contributed by atoms with Gasteiger partial charge in [-0.05, 0) is 38.5 Å². The molecular weight excluding hydrogens is 214 g/mol. The summed E-state index contributed by atoms with van der Waals surface area (Å²) in [5.41, 5.74) is 1.23. The Hall–Kier alpha value is -1.06. The first-order chi connectivity index (χ1) is 8.13. The fourth-order valence-corrected chi connectivity index (χ4v) is 1.60. The molecule has 0 spiro atoms. The average Bonchev–Trinajstić information content (AvgIpc) is 2.34. The van der Waals surface area contributed by atoms with Crippen molar-refractivity contribution in [1.82, 2.24) is 5.32 Å². The highest BCUT2D eigenvalue weighted by Gasteiger charge is 2.05. The third-order valence-corrected chi connectivity index (χ3v) is 2.60. The molecule has 1 N–H and O–H groups in total. The number of nitrogens with one attached hydrogen (secondary N) is 1. The van der Waals surface area contributed by atoms with E-state index in [1.54, 1.807) is 7.11 Å². The van der Waals surface area contributed by atoms with E-state index in [2.05, 4.69) is 24.4 Å². The van der Waals surface area contributed by atoms with E-state index in [0.717, 1.165) is 18.9 Å². The molecule has 0 unspecified atom stereocenters. The van der Waals surface area contributed by atoms with Crippen molar-refractivity contribution in [2.45, 2.75) is 32.9 Å². The molecule has 0 saturated carbocycles. The van der Waals surface area contributed by atoms with Crippen LogP contribution in [0.4, 0.5) is 0 Å². The number of hydrogen-bond acceptors (Lipinski definition) is 3. The molecule has 96 valence electrons. The Morgan fingerprint density at radius 2 is 2.00 bits per heavy atom. The van der Waals surface area contributed by atoms with Crippen LogP contribution in [0.2, 0.25) is 0 Å². The fourth-order valence-electron chi connectivity index (χ4n) is 1.60. The Labute approximate surface area is 104 Å². The average molecular weight is 237 g/mol. The Balaban J connectivity index is 2.38. The molecule has 0 radical (unpaired) electrons. The van der Waals surface area contributed by atoms with Gasteiger partial charge in [0.2, 0.25) is 0 Å². The maximum absolute atomic E-state index is 5.49. The molecule has 0 bridgehead atoms. The molecule has 1 atom stereocenters. The van der Waals surface area contributed by atoms with Crippen LogP contribution < -0.4 is 10.1 Å². The van der Waals surface area contributed by atoms with Crippen molar-refractivity contribution in [2.24, 2.45) is 0 Å². The van der Waals surface area contributed by atoms with Crippen molar-refractivity contribution in [1.29, 1.82) is 0 Å². The standard InChI is InChI=1S/C14H23NO2/c1-11(2)17-9-8-15-12(3)13-6-5-7-14(10-13)16-4/h5-7,10-12,15H,8-9H2,1-4H3/t12-/m1/s1. The zero-order valence-corrected chi connectivity index (χ0v) is 11.2. The van der Waals surface area contributed by atoms with Crippen LogP contribution in [-0.2, 0) is 4.74 Å². The third-order valence-electron chi connectivity index (χ3n) is 2.60. The molecule has 0 aliphatic heterocycles. The van der Waals surface area contributed by atoms with Gasteiger partial charge in [0.25, 0.3) is 0 Å². The van der Waals surface area contributed by atoms with E-state index >= 15 is 0 Å². The van der Waals surface area contributed by atoms with Crippen molar-refractivity contribution < 1.29 is 9.47 Å². The second-order valence-electron chi connectivity index (χ2n) is 4.37. The second kappa shape index (κ2) is 7.30. The highest BCUT2D eigenvalue weighted by Crippen LogP contribution is 2.18. The maximum Gasteiger partial charge on any atom is 0.119 e. The Morgan fingerprint density at radius 3 is 2.65 bits per heavy atom. The zero-order chi connectivity index (χ0) is 12.7. The van der Waals surface area contributed by atoms with Gasteiger partial charge in [-0.15, -0.1) is 0 Å². The lowest BCUT2D eigenvalue weighted by Crippen LogP contribution is -2.24. The van der Waals surface area contributed by atoms with Gasteiger partial charge < -0.3 is 14.8 Å². The highest BCUT2D eigenvalue weighted by molar-refractivity contribution is 5.30. The van der Waals surface area contributed by atoms with E-state index in [4.69, 9.17) is 9.47 Å². The lowest BCUT2D eigenvalue weighted by Gasteiger charge is -2.15. The van der Waals surface area contributed by atoms with E-state index in [1.807, 2.05) is 26.0 Å². The van der Waals surface area contributed by atoms with E-state index in [9.17, 15) is 0 Å². The van der Waals surface area contributed by atoms with Gasteiger partial charge in [0.1, 0.15) is 5.75 Å². The smallest absolute Gasteiger partial charge is 0.119 e. The van der Waals surface area contributed by atoms with Crippen LogP contribution in [0.25, 0.3) is 0 Å². The molecule has 1 aromatic rings. The molecule has 0 fully saturated rings. The molecule has 0 aromatic heterocycles. The predicted molar refractivity (Wildman–Crippen MR) is 70.5 cm³/mol. The summed E-state index contributed by atoms with van der Waals surface area (Å²) in [7, 11) is 1.69. The van der Waals surface area contributed by atoms with Crippen molar-refractivity contribution in [3.8, 4) is 5.75 Å². The first kappa shape index (κ1) is 14.0. The monoisotopic (exact) mass is 237 g/mol. The summed E-state index contributed by atoms with van der Waals surface area (Å²) in [6.45, 7) is 7.84. The van der Waals surface area contributed by atoms with Gasteiger partial charge in [-0.1, -0.05) is 12.1 Å². The predicted octanol–water partition coefficient (Wildman–Crippen LogP) is 2.77. The Bertz CT molecular complexity index is 326. The molecule has 0 aliphatic carbocycles. The van der Waals surface area contributed by atoms with Crippen molar-refractivity contribution in [3.05, 3.63) is 29.8 Å². The highest BCUT2D eigenvalue weighted by atomic mass is 16.5. The minimum absolute atomic E-state index is 0.295. The second-order valence-corrected chi connectivity index (χ2v) is 4.37. The summed E-state index contributed by atoms with van der Waals surface area (Å²) < 4.78 is 10.7. The number of rotatable bonds is 7. The molecule has 3 nitrogen and oxygen atoms in total. The largest absolute Gasteiger partial charge is 0.497 e. The molecule has 0 aliphatic rings. The van der Waals surface area contributed by atoms with Crippen LogP contribution in [0.3, 0.4) is 0 Å². The summed E-state index contributed by atoms with van der Waals surface area (Å²) >= 11 is 0. The van der Waals surface area contributed by atoms with E-state index in [-0.39, 0.29) is 0 Å². The Morgan fingerprint density at radius 1 is 1.24 bits per heavy atom. The van der Waals surface area contributed by atoms with E-state index in [0.29, 0.717) is 12.1 Å². The molecule has 0 amide bonds. The molecule has 1 aromatic carbocycles. The fraction of sp³-hybridized carbons (Fsp3) is 0.571. The van der Waals surface area contributed by atoms with Crippen LogP contribution in [0.15, 0.2) is 24.3 Å². The molecule has 3 heteroatoms. The van der Waals surface area contributed by atoms with Crippen LogP contribution >= 0.6 is 0 Å². The van der Waals surface area contributed by atoms with Crippen LogP contribution in [0.1, 0.15) is 32.4 Å². The van der Waals surface area contributed by atoms with Gasteiger partial charge in [-0.3, -0.25) is 0 Å². The van der Waals surface area contributed by atoms with Crippen molar-refractivity contribution in [2.75, 3.05) is 20.3 Å². The summed E-state index contributed by atoms with van der Waals surface area (Å²) in [4.78, 5) is 0. The van der Waals surface area contributed by atoms with E-state index in [1.165, 1.54) is 5.56 Å². The summed E-state index contributed by atoms with van der Waals surface area (Å²) in [6, 6.07) is 8.43. The topological polar surface area (TPSA) is 30.5 Å². The molecule has 1 rings (SSSR count). The molecule has 0 heterocycles. The lowest BCUT2D eigenvalue weighted by molar-refractivity contribution is 0.0796. The third kappa shape index (κ3) is 5.20. The first-order valence-corrected chi connectivity index (χ1v) is 6.12. The summed E-state index contributed by atoms with van der Waals surface area (Å²) in [5.74, 6) is 0.898. The summed E-state index contributed by atoms with van der Waals surface area (Å²) in [6.07, 6.45) is 0.295. The minimum atomic E-state index is 0.295. The number of ether oxygens (including phenoxy) is 2. The molecular formula is C14H23NO2. The van der Waals surface area contributed by atoms with Gasteiger partial charge in [0.05, 0.1) is 19.8 Å². The Kier molecular flexibility index (Phi) is 6.01. The molecule has 17 heavy (non-hydrogen) atoms. The minimum Gasteiger partial charge on any atom is -0.497 e. The zero-order valence-electron chi connectivity index (χ0n) is 11.2. The number of hydrogen-bond donors (Lipinski definition) is 1. The lowest BCUT2D eigenvalue weighted by atomic mass is 10.1. The van der Waals surface area contributed by atoms with Crippen molar-refractivity contribution in [3.63, 3.8) is 0 Å². The normalized spacial score (nSPS) is 12.8. The van der Waals surface area contributed by atoms with Gasteiger partial charge in [0, 0.05) is 12.6 Å². The van der Waals surface area contributed by atoms with Crippen molar-refractivity contribution >= 4 is 0 Å². The van der Waals surface area contributed by atoms with Crippen LogP contribution in [0, 0.1) is 0 Å². The summed E-state index contributed by atoms with van der Waals surface area (Å²) in [5, 5.41) is 3.43. The number of methoxy groups -OCH3 is 1. The molecule has 0 saturated heterocycles. The van der Waals surface area contributed by atoms with Gasteiger partial charge >= 0.3 is 0 Å². The van der Waals surface area contributed by atoms with E-state index < -0.39 is 0 Å².